The lowest BCUT2D eigenvalue weighted by Crippen LogP contribution is -2.16. The van der Waals surface area contributed by atoms with E-state index in [-0.39, 0.29) is 5.41 Å². The van der Waals surface area contributed by atoms with Gasteiger partial charge < -0.3 is 9.84 Å². The van der Waals surface area contributed by atoms with Gasteiger partial charge in [-0.15, -0.1) is 11.3 Å². The van der Waals surface area contributed by atoms with Crippen LogP contribution in [0.5, 0.6) is 0 Å². The predicted molar refractivity (Wildman–Crippen MR) is 58.5 cm³/mol. The average Bonchev–Trinajstić information content (AvgIpc) is 2.48. The first-order chi connectivity index (χ1) is 6.86. The van der Waals surface area contributed by atoms with E-state index < -0.39 is 5.97 Å². The molecule has 1 N–H and O–H groups in total. The minimum absolute atomic E-state index is 0.254. The Labute approximate surface area is 92.9 Å². The highest BCUT2D eigenvalue weighted by molar-refractivity contribution is 7.13. The number of thiazole rings is 1. The molecule has 1 aromatic rings. The van der Waals surface area contributed by atoms with Crippen molar-refractivity contribution in [3.05, 3.63) is 15.6 Å². The zero-order valence-electron chi connectivity index (χ0n) is 9.33. The van der Waals surface area contributed by atoms with Crippen molar-refractivity contribution < 1.29 is 14.6 Å². The quantitative estimate of drug-likeness (QED) is 0.863. The van der Waals surface area contributed by atoms with Gasteiger partial charge in [0.25, 0.3) is 0 Å². The third-order valence-electron chi connectivity index (χ3n) is 1.84. The molecule has 0 spiro atoms. The summed E-state index contributed by atoms with van der Waals surface area (Å²) >= 11 is 1.18. The predicted octanol–water partition coefficient (Wildman–Crippen LogP) is 2.29. The molecule has 0 bridgehead atoms. The maximum Gasteiger partial charge on any atom is 0.347 e. The second-order valence-corrected chi connectivity index (χ2v) is 5.36. The van der Waals surface area contributed by atoms with Crippen LogP contribution in [-0.2, 0) is 16.8 Å². The van der Waals surface area contributed by atoms with Crippen molar-refractivity contribution in [2.45, 2.75) is 32.8 Å². The SMILES string of the molecule is COCc1nc(C(C)(C)C)c(C(=O)O)s1. The van der Waals surface area contributed by atoms with Crippen LogP contribution in [0.2, 0.25) is 0 Å². The molecule has 5 heteroatoms. The highest BCUT2D eigenvalue weighted by Gasteiger charge is 2.26. The second-order valence-electron chi connectivity index (χ2n) is 4.27. The van der Waals surface area contributed by atoms with Gasteiger partial charge in [0, 0.05) is 12.5 Å². The highest BCUT2D eigenvalue weighted by atomic mass is 32.1. The zero-order chi connectivity index (χ0) is 11.6. The number of nitrogens with zero attached hydrogens (tertiary/aromatic N) is 1. The first kappa shape index (κ1) is 12.1. The Kier molecular flexibility index (Phi) is 3.46. The van der Waals surface area contributed by atoms with Crippen LogP contribution < -0.4 is 0 Å². The fraction of sp³-hybridized carbons (Fsp3) is 0.600. The number of carboxylic acids is 1. The maximum absolute atomic E-state index is 11.0. The number of carbonyl (C=O) groups is 1. The maximum atomic E-state index is 11.0. The molecule has 1 rings (SSSR count). The summed E-state index contributed by atoms with van der Waals surface area (Å²) in [7, 11) is 1.57. The summed E-state index contributed by atoms with van der Waals surface area (Å²) in [5.74, 6) is -0.917. The van der Waals surface area contributed by atoms with Crippen molar-refractivity contribution in [2.75, 3.05) is 7.11 Å². The number of hydrogen-bond acceptors (Lipinski definition) is 4. The van der Waals surface area contributed by atoms with Crippen molar-refractivity contribution in [1.29, 1.82) is 0 Å². The number of ether oxygens (including phenoxy) is 1. The van der Waals surface area contributed by atoms with Gasteiger partial charge in [0.1, 0.15) is 9.88 Å². The molecule has 0 unspecified atom stereocenters. The molecule has 0 aliphatic heterocycles. The summed E-state index contributed by atoms with van der Waals surface area (Å²) in [5, 5.41) is 9.75. The molecule has 4 nitrogen and oxygen atoms in total. The minimum Gasteiger partial charge on any atom is -0.477 e. The van der Waals surface area contributed by atoms with Gasteiger partial charge in [-0.1, -0.05) is 20.8 Å². The lowest BCUT2D eigenvalue weighted by Gasteiger charge is -2.15. The Morgan fingerprint density at radius 3 is 2.47 bits per heavy atom. The fourth-order valence-corrected chi connectivity index (χ4v) is 2.29. The molecular formula is C10H15NO3S. The third-order valence-corrected chi connectivity index (χ3v) is 2.86. The molecule has 0 aliphatic carbocycles. The molecule has 0 fully saturated rings. The molecule has 0 saturated carbocycles. The Balaban J connectivity index is 3.18. The van der Waals surface area contributed by atoms with Gasteiger partial charge in [-0.05, 0) is 0 Å². The van der Waals surface area contributed by atoms with E-state index >= 15 is 0 Å². The number of carboxylic acid groups (broad SMARTS) is 1. The van der Waals surface area contributed by atoms with Gasteiger partial charge in [-0.3, -0.25) is 0 Å². The topological polar surface area (TPSA) is 59.4 Å². The summed E-state index contributed by atoms with van der Waals surface area (Å²) in [6.07, 6.45) is 0. The van der Waals surface area contributed by atoms with Gasteiger partial charge >= 0.3 is 5.97 Å². The van der Waals surface area contributed by atoms with Gasteiger partial charge in [0.2, 0.25) is 0 Å². The summed E-state index contributed by atoms with van der Waals surface area (Å²) < 4.78 is 4.94. The van der Waals surface area contributed by atoms with Gasteiger partial charge in [0.05, 0.1) is 12.3 Å². The largest absolute Gasteiger partial charge is 0.477 e. The van der Waals surface area contributed by atoms with Crippen LogP contribution in [0.25, 0.3) is 0 Å². The van der Waals surface area contributed by atoms with Crippen molar-refractivity contribution in [3.63, 3.8) is 0 Å². The van der Waals surface area contributed by atoms with Crippen molar-refractivity contribution in [2.24, 2.45) is 0 Å². The van der Waals surface area contributed by atoms with Crippen LogP contribution in [0.4, 0.5) is 0 Å². The molecule has 0 aliphatic rings. The molecule has 0 saturated heterocycles. The van der Waals surface area contributed by atoms with E-state index in [9.17, 15) is 4.79 Å². The van der Waals surface area contributed by atoms with E-state index in [1.807, 2.05) is 20.8 Å². The van der Waals surface area contributed by atoms with E-state index in [4.69, 9.17) is 9.84 Å². The number of hydrogen-bond donors (Lipinski definition) is 1. The minimum atomic E-state index is -0.917. The fourth-order valence-electron chi connectivity index (χ4n) is 1.20. The van der Waals surface area contributed by atoms with E-state index in [2.05, 4.69) is 4.98 Å². The number of aromatic carboxylic acids is 1. The smallest absolute Gasteiger partial charge is 0.347 e. The van der Waals surface area contributed by atoms with E-state index in [1.54, 1.807) is 7.11 Å². The van der Waals surface area contributed by atoms with Crippen molar-refractivity contribution in [3.8, 4) is 0 Å². The molecule has 1 heterocycles. The summed E-state index contributed by atoms with van der Waals surface area (Å²) in [6.45, 7) is 6.21. The molecule has 0 amide bonds. The standard InChI is InChI=1S/C10H15NO3S/c1-10(2,3)8-7(9(12)13)15-6(11-8)5-14-4/h5H2,1-4H3,(H,12,13). The second kappa shape index (κ2) is 4.28. The van der Waals surface area contributed by atoms with Crippen LogP contribution in [0.3, 0.4) is 0 Å². The van der Waals surface area contributed by atoms with Crippen LogP contribution >= 0.6 is 11.3 Å². The van der Waals surface area contributed by atoms with Gasteiger partial charge in [-0.2, -0.15) is 0 Å². The molecule has 84 valence electrons. The number of rotatable bonds is 3. The third kappa shape index (κ3) is 2.76. The van der Waals surface area contributed by atoms with E-state index in [1.165, 1.54) is 11.3 Å². The van der Waals surface area contributed by atoms with Crippen LogP contribution in [0, 0.1) is 0 Å². The molecular weight excluding hydrogens is 214 g/mol. The number of methoxy groups -OCH3 is 1. The van der Waals surface area contributed by atoms with Gasteiger partial charge in [0.15, 0.2) is 0 Å². The Hall–Kier alpha value is -0.940. The summed E-state index contributed by atoms with van der Waals surface area (Å²) in [6, 6.07) is 0. The Morgan fingerprint density at radius 2 is 2.13 bits per heavy atom. The Bertz CT molecular complexity index is 365. The van der Waals surface area contributed by atoms with E-state index in [0.717, 1.165) is 0 Å². The highest BCUT2D eigenvalue weighted by Crippen LogP contribution is 2.29. The molecule has 0 radical (unpaired) electrons. The first-order valence-electron chi connectivity index (χ1n) is 4.58. The molecule has 1 aromatic heterocycles. The first-order valence-corrected chi connectivity index (χ1v) is 5.40. The van der Waals surface area contributed by atoms with Crippen molar-refractivity contribution in [1.82, 2.24) is 4.98 Å². The summed E-state index contributed by atoms with van der Waals surface area (Å²) in [5.41, 5.74) is 0.378. The Morgan fingerprint density at radius 1 is 1.53 bits per heavy atom. The van der Waals surface area contributed by atoms with E-state index in [0.29, 0.717) is 22.2 Å². The van der Waals surface area contributed by atoms with Crippen molar-refractivity contribution >= 4 is 17.3 Å². The normalized spacial score (nSPS) is 11.7. The lowest BCUT2D eigenvalue weighted by molar-refractivity contribution is 0.0699. The zero-order valence-corrected chi connectivity index (χ0v) is 10.1. The monoisotopic (exact) mass is 229 g/mol. The molecule has 15 heavy (non-hydrogen) atoms. The summed E-state index contributed by atoms with van der Waals surface area (Å²) in [4.78, 5) is 15.6. The van der Waals surface area contributed by atoms with Crippen LogP contribution in [0.1, 0.15) is 41.1 Å². The van der Waals surface area contributed by atoms with Gasteiger partial charge in [-0.25, -0.2) is 9.78 Å². The number of aromatic nitrogens is 1. The molecule has 0 aromatic carbocycles. The average molecular weight is 229 g/mol. The lowest BCUT2D eigenvalue weighted by atomic mass is 9.91. The molecule has 0 atom stereocenters. The van der Waals surface area contributed by atoms with Crippen LogP contribution in [0.15, 0.2) is 0 Å². The van der Waals surface area contributed by atoms with Crippen LogP contribution in [-0.4, -0.2) is 23.2 Å².